The number of benzene rings is 2. The Balaban J connectivity index is 2.28. The Morgan fingerprint density at radius 1 is 1.15 bits per heavy atom. The van der Waals surface area contributed by atoms with Crippen LogP contribution in [-0.4, -0.2) is 14.9 Å². The maximum atomic E-state index is 12.5. The number of hydrogen-bond donors (Lipinski definition) is 1. The topological polar surface area (TPSA) is 60.3 Å². The van der Waals surface area contributed by atoms with Crippen LogP contribution in [0.25, 0.3) is 21.9 Å². The van der Waals surface area contributed by atoms with E-state index >= 15 is 0 Å². The summed E-state index contributed by atoms with van der Waals surface area (Å²) < 4.78 is 22.3. The Kier molecular flexibility index (Phi) is 5.46. The molecule has 0 bridgehead atoms. The summed E-state index contributed by atoms with van der Waals surface area (Å²) in [4.78, 5) is 12.5. The SMILES string of the molecule is C=CS(=O)Nc1ccc(OC(C)C)c(-c2cn(C)c(=O)c3ccccc23)c1. The summed E-state index contributed by atoms with van der Waals surface area (Å²) in [5, 5.41) is 2.82. The first kappa shape index (κ1) is 18.9. The monoisotopic (exact) mass is 382 g/mol. The van der Waals surface area contributed by atoms with E-state index in [4.69, 9.17) is 4.74 Å². The van der Waals surface area contributed by atoms with Gasteiger partial charge in [-0.15, -0.1) is 0 Å². The molecule has 0 aliphatic rings. The molecule has 0 radical (unpaired) electrons. The van der Waals surface area contributed by atoms with Crippen molar-refractivity contribution in [1.82, 2.24) is 4.57 Å². The normalized spacial score (nSPS) is 12.1. The predicted octanol–water partition coefficient (Wildman–Crippen LogP) is 4.21. The molecule has 0 fully saturated rings. The van der Waals surface area contributed by atoms with Crippen molar-refractivity contribution in [3.8, 4) is 16.9 Å². The zero-order valence-electron chi connectivity index (χ0n) is 15.6. The fourth-order valence-electron chi connectivity index (χ4n) is 2.95. The van der Waals surface area contributed by atoms with Crippen molar-refractivity contribution in [2.75, 3.05) is 4.72 Å². The molecule has 140 valence electrons. The summed E-state index contributed by atoms with van der Waals surface area (Å²) in [6, 6.07) is 13.0. The number of hydrogen-bond acceptors (Lipinski definition) is 3. The van der Waals surface area contributed by atoms with Crippen molar-refractivity contribution in [2.45, 2.75) is 20.0 Å². The summed E-state index contributed by atoms with van der Waals surface area (Å²) in [6.45, 7) is 7.45. The third kappa shape index (κ3) is 3.95. The van der Waals surface area contributed by atoms with Crippen LogP contribution in [0.4, 0.5) is 5.69 Å². The highest BCUT2D eigenvalue weighted by Gasteiger charge is 2.15. The molecule has 1 N–H and O–H groups in total. The molecule has 3 aromatic rings. The zero-order valence-corrected chi connectivity index (χ0v) is 16.4. The maximum absolute atomic E-state index is 12.5. The standard InChI is InChI=1S/C21H22N2O3S/c1-5-27(25)22-15-10-11-20(26-14(2)3)18(12-15)19-13-23(4)21(24)17-9-7-6-8-16(17)19/h5-14,22H,1H2,2-4H3. The summed E-state index contributed by atoms with van der Waals surface area (Å²) in [5.41, 5.74) is 2.32. The summed E-state index contributed by atoms with van der Waals surface area (Å²) in [5.74, 6) is 0.698. The highest BCUT2D eigenvalue weighted by Crippen LogP contribution is 2.36. The second kappa shape index (κ2) is 7.80. The molecule has 6 heteroatoms. The van der Waals surface area contributed by atoms with Crippen LogP contribution >= 0.6 is 0 Å². The van der Waals surface area contributed by atoms with Gasteiger partial charge < -0.3 is 14.0 Å². The smallest absolute Gasteiger partial charge is 0.258 e. The molecule has 27 heavy (non-hydrogen) atoms. The van der Waals surface area contributed by atoms with E-state index < -0.39 is 11.0 Å². The van der Waals surface area contributed by atoms with Gasteiger partial charge in [0.15, 0.2) is 0 Å². The van der Waals surface area contributed by atoms with Crippen LogP contribution in [0.1, 0.15) is 13.8 Å². The fraction of sp³-hybridized carbons (Fsp3) is 0.190. The lowest BCUT2D eigenvalue weighted by Gasteiger charge is -2.18. The second-order valence-corrected chi connectivity index (χ2v) is 7.58. The molecule has 0 saturated heterocycles. The molecular weight excluding hydrogens is 360 g/mol. The van der Waals surface area contributed by atoms with E-state index in [2.05, 4.69) is 11.3 Å². The molecule has 0 spiro atoms. The van der Waals surface area contributed by atoms with Gasteiger partial charge in [0.25, 0.3) is 5.56 Å². The van der Waals surface area contributed by atoms with E-state index in [-0.39, 0.29) is 11.7 Å². The molecule has 1 unspecified atom stereocenters. The molecule has 1 atom stereocenters. The molecule has 1 heterocycles. The van der Waals surface area contributed by atoms with Gasteiger partial charge in [-0.2, -0.15) is 0 Å². The van der Waals surface area contributed by atoms with Crippen molar-refractivity contribution in [2.24, 2.45) is 7.05 Å². The number of rotatable bonds is 6. The number of nitrogens with zero attached hydrogens (tertiary/aromatic N) is 1. The first-order chi connectivity index (χ1) is 12.9. The molecule has 0 aliphatic heterocycles. The lowest BCUT2D eigenvalue weighted by atomic mass is 9.99. The first-order valence-corrected chi connectivity index (χ1v) is 9.81. The minimum atomic E-state index is -1.38. The molecule has 5 nitrogen and oxygen atoms in total. The summed E-state index contributed by atoms with van der Waals surface area (Å²) >= 11 is 0. The van der Waals surface area contributed by atoms with Crippen LogP contribution in [0.2, 0.25) is 0 Å². The minimum absolute atomic E-state index is 0.0105. The molecule has 0 saturated carbocycles. The Hall–Kier alpha value is -2.86. The highest BCUT2D eigenvalue weighted by molar-refractivity contribution is 7.89. The number of fused-ring (bicyclic) bond motifs is 1. The van der Waals surface area contributed by atoms with Crippen molar-refractivity contribution in [3.63, 3.8) is 0 Å². The second-order valence-electron chi connectivity index (χ2n) is 6.45. The molecule has 1 aromatic heterocycles. The van der Waals surface area contributed by atoms with Crippen molar-refractivity contribution >= 4 is 27.4 Å². The average molecular weight is 382 g/mol. The van der Waals surface area contributed by atoms with Crippen molar-refractivity contribution in [1.29, 1.82) is 0 Å². The number of ether oxygens (including phenoxy) is 1. The number of nitrogens with one attached hydrogen (secondary N) is 1. The van der Waals surface area contributed by atoms with Crippen LogP contribution < -0.4 is 15.0 Å². The van der Waals surface area contributed by atoms with Gasteiger partial charge in [0, 0.05) is 40.9 Å². The number of anilines is 1. The molecule has 2 aromatic carbocycles. The molecule has 0 amide bonds. The quantitative estimate of drug-likeness (QED) is 0.695. The molecule has 3 rings (SSSR count). The van der Waals surface area contributed by atoms with Gasteiger partial charge in [0.05, 0.1) is 6.10 Å². The third-order valence-electron chi connectivity index (χ3n) is 4.09. The molecule has 0 aliphatic carbocycles. The van der Waals surface area contributed by atoms with Gasteiger partial charge in [-0.05, 0) is 43.5 Å². The number of aromatic nitrogens is 1. The fourth-order valence-corrected chi connectivity index (χ4v) is 3.39. The number of aryl methyl sites for hydroxylation is 1. The Morgan fingerprint density at radius 3 is 2.52 bits per heavy atom. The van der Waals surface area contributed by atoms with E-state index in [0.29, 0.717) is 16.8 Å². The van der Waals surface area contributed by atoms with E-state index in [1.54, 1.807) is 17.8 Å². The molecular formula is C21H22N2O3S. The van der Waals surface area contributed by atoms with Gasteiger partial charge in [-0.25, -0.2) is 4.21 Å². The van der Waals surface area contributed by atoms with Crippen LogP contribution in [0, 0.1) is 0 Å². The van der Waals surface area contributed by atoms with Crippen LogP contribution in [0.5, 0.6) is 5.75 Å². The third-order valence-corrected chi connectivity index (χ3v) is 4.83. The van der Waals surface area contributed by atoms with Crippen LogP contribution in [0.15, 0.2) is 65.4 Å². The van der Waals surface area contributed by atoms with E-state index in [0.717, 1.165) is 16.5 Å². The predicted molar refractivity (Wildman–Crippen MR) is 112 cm³/mol. The lowest BCUT2D eigenvalue weighted by Crippen LogP contribution is -2.16. The Morgan fingerprint density at radius 2 is 1.85 bits per heavy atom. The van der Waals surface area contributed by atoms with Gasteiger partial charge in [0.1, 0.15) is 16.7 Å². The highest BCUT2D eigenvalue weighted by atomic mass is 32.2. The summed E-state index contributed by atoms with van der Waals surface area (Å²) in [6.07, 6.45) is 1.80. The van der Waals surface area contributed by atoms with Gasteiger partial charge >= 0.3 is 0 Å². The van der Waals surface area contributed by atoms with Crippen molar-refractivity contribution < 1.29 is 8.95 Å². The first-order valence-electron chi connectivity index (χ1n) is 8.60. The van der Waals surface area contributed by atoms with E-state index in [9.17, 15) is 9.00 Å². The largest absolute Gasteiger partial charge is 0.490 e. The van der Waals surface area contributed by atoms with E-state index in [1.165, 1.54) is 5.41 Å². The van der Waals surface area contributed by atoms with Gasteiger partial charge in [0.2, 0.25) is 0 Å². The zero-order chi connectivity index (χ0) is 19.6. The van der Waals surface area contributed by atoms with Crippen molar-refractivity contribution in [3.05, 3.63) is 71.0 Å². The Bertz CT molecular complexity index is 1090. The average Bonchev–Trinajstić information content (AvgIpc) is 2.65. The van der Waals surface area contributed by atoms with Gasteiger partial charge in [-0.3, -0.25) is 4.79 Å². The Labute approximate surface area is 160 Å². The number of pyridine rings is 1. The van der Waals surface area contributed by atoms with E-state index in [1.807, 2.05) is 56.3 Å². The maximum Gasteiger partial charge on any atom is 0.258 e. The van der Waals surface area contributed by atoms with Crippen LogP contribution in [0.3, 0.4) is 0 Å². The van der Waals surface area contributed by atoms with Gasteiger partial charge in [-0.1, -0.05) is 24.8 Å². The lowest BCUT2D eigenvalue weighted by molar-refractivity contribution is 0.243. The minimum Gasteiger partial charge on any atom is -0.490 e. The summed E-state index contributed by atoms with van der Waals surface area (Å²) in [7, 11) is 0.355. The van der Waals surface area contributed by atoms with Crippen LogP contribution in [-0.2, 0) is 18.0 Å².